The number of nitrogens with zero attached hydrogens (tertiary/aromatic N) is 2. The summed E-state index contributed by atoms with van der Waals surface area (Å²) in [6, 6.07) is 7.31. The van der Waals surface area contributed by atoms with E-state index in [4.69, 9.17) is 27.9 Å². The third-order valence-electron chi connectivity index (χ3n) is 5.58. The van der Waals surface area contributed by atoms with Crippen LogP contribution >= 0.6 is 39.1 Å². The summed E-state index contributed by atoms with van der Waals surface area (Å²) in [5, 5.41) is 0.868. The first kappa shape index (κ1) is 26.6. The molecule has 0 aliphatic carbocycles. The van der Waals surface area contributed by atoms with Crippen LogP contribution in [0.2, 0.25) is 10.0 Å². The largest absolute Gasteiger partial charge is 0.598 e. The van der Waals surface area contributed by atoms with Crippen molar-refractivity contribution in [1.82, 2.24) is 9.71 Å². The van der Waals surface area contributed by atoms with Crippen molar-refractivity contribution in [3.8, 4) is 5.75 Å². The van der Waals surface area contributed by atoms with Crippen LogP contribution in [0.25, 0.3) is 0 Å². The van der Waals surface area contributed by atoms with E-state index >= 15 is 0 Å². The molecule has 1 aliphatic rings. The molecule has 0 saturated carbocycles. The molecule has 1 aliphatic heterocycles. The molecule has 2 heterocycles. The number of rotatable bonds is 8. The van der Waals surface area contributed by atoms with Gasteiger partial charge in [-0.25, -0.2) is 4.98 Å². The third-order valence-corrected chi connectivity index (χ3v) is 8.37. The van der Waals surface area contributed by atoms with E-state index in [0.717, 1.165) is 41.8 Å². The Balaban J connectivity index is 1.90. The van der Waals surface area contributed by atoms with Crippen LogP contribution in [0.4, 0.5) is 5.82 Å². The summed E-state index contributed by atoms with van der Waals surface area (Å²) in [6.07, 6.45) is 5.29. The fourth-order valence-electron chi connectivity index (χ4n) is 3.79. The number of piperidine rings is 1. The average Bonchev–Trinajstić information content (AvgIpc) is 2.77. The molecule has 3 rings (SSSR count). The highest BCUT2D eigenvalue weighted by molar-refractivity contribution is 9.10. The van der Waals surface area contributed by atoms with Crippen LogP contribution in [0.5, 0.6) is 5.75 Å². The number of ether oxygens (including phenoxy) is 1. The lowest BCUT2D eigenvalue weighted by Crippen LogP contribution is -2.46. The van der Waals surface area contributed by atoms with Gasteiger partial charge in [0.2, 0.25) is 0 Å². The van der Waals surface area contributed by atoms with E-state index in [0.29, 0.717) is 22.4 Å². The van der Waals surface area contributed by atoms with Gasteiger partial charge in [0.15, 0.2) is 0 Å². The van der Waals surface area contributed by atoms with E-state index in [2.05, 4.69) is 37.1 Å². The van der Waals surface area contributed by atoms with E-state index in [1.54, 1.807) is 18.3 Å². The number of nitrogens with one attached hydrogen (secondary N) is 1. The topological polar surface area (TPSA) is 60.4 Å². The van der Waals surface area contributed by atoms with Gasteiger partial charge in [0.25, 0.3) is 0 Å². The fourth-order valence-corrected chi connectivity index (χ4v) is 5.35. The maximum Gasteiger partial charge on any atom is 0.136 e. The summed E-state index contributed by atoms with van der Waals surface area (Å²) in [6.45, 7) is 11.6. The summed E-state index contributed by atoms with van der Waals surface area (Å²) in [5.74, 6) is 1.81. The highest BCUT2D eigenvalue weighted by atomic mass is 79.9. The fraction of sp³-hybridized carbons (Fsp3) is 0.458. The molecular weight excluding hydrogens is 545 g/mol. The Morgan fingerprint density at radius 2 is 1.97 bits per heavy atom. The van der Waals surface area contributed by atoms with Crippen molar-refractivity contribution in [2.75, 3.05) is 24.6 Å². The van der Waals surface area contributed by atoms with Gasteiger partial charge >= 0.3 is 0 Å². The number of hydrogen-bond donors (Lipinski definition) is 1. The zero-order valence-electron chi connectivity index (χ0n) is 19.1. The predicted molar refractivity (Wildman–Crippen MR) is 143 cm³/mol. The summed E-state index contributed by atoms with van der Waals surface area (Å²) < 4.78 is 23.1. The number of halogens is 3. The molecule has 1 aromatic heterocycles. The lowest BCUT2D eigenvalue weighted by molar-refractivity contribution is 0.306. The summed E-state index contributed by atoms with van der Waals surface area (Å²) in [5.41, 5.74) is 0.864. The lowest BCUT2D eigenvalue weighted by atomic mass is 9.85. The van der Waals surface area contributed by atoms with Crippen molar-refractivity contribution < 1.29 is 9.29 Å². The van der Waals surface area contributed by atoms with Gasteiger partial charge in [-0.2, -0.15) is 0 Å². The molecule has 9 heteroatoms. The second-order valence-electron chi connectivity index (χ2n) is 9.04. The molecule has 0 amide bonds. The van der Waals surface area contributed by atoms with Crippen LogP contribution in [-0.2, 0) is 11.4 Å². The van der Waals surface area contributed by atoms with Gasteiger partial charge < -0.3 is 14.2 Å². The van der Waals surface area contributed by atoms with E-state index in [1.165, 1.54) is 0 Å². The normalized spacial score (nSPS) is 17.0. The molecule has 0 radical (unpaired) electrons. The van der Waals surface area contributed by atoms with Gasteiger partial charge in [0.05, 0.1) is 16.1 Å². The Hall–Kier alpha value is -0.960. The second kappa shape index (κ2) is 11.6. The number of pyridine rings is 1. The first-order valence-electron chi connectivity index (χ1n) is 10.9. The average molecular weight is 575 g/mol. The van der Waals surface area contributed by atoms with Gasteiger partial charge in [-0.05, 0) is 57.7 Å². The minimum absolute atomic E-state index is 0.211. The van der Waals surface area contributed by atoms with Crippen LogP contribution < -0.4 is 14.4 Å². The maximum atomic E-state index is 13.1. The standard InChI is InChI=1S/C24H30BrCl2N3O2S/c1-5-12-32-21-15-20(27)19(26)14-18(21)23(29-33(31)24(2,3)4)16-7-10-30(11-8-16)22-13-17(25)6-9-28-22/h5-6,9,13-16,23,29H,1,7-8,10-12H2,2-4H3/t23?,33-/m0/s1. The van der Waals surface area contributed by atoms with Crippen molar-refractivity contribution in [3.63, 3.8) is 0 Å². The molecule has 1 N–H and O–H groups in total. The first-order valence-corrected chi connectivity index (χ1v) is 13.6. The third kappa shape index (κ3) is 7.03. The van der Waals surface area contributed by atoms with E-state index in [1.807, 2.05) is 39.0 Å². The van der Waals surface area contributed by atoms with Gasteiger partial charge in [-0.1, -0.05) is 51.8 Å². The maximum absolute atomic E-state index is 13.1. The Bertz CT molecular complexity index is 965. The minimum atomic E-state index is -1.28. The van der Waals surface area contributed by atoms with Crippen LogP contribution in [0.3, 0.4) is 0 Å². The van der Waals surface area contributed by atoms with Crippen molar-refractivity contribution in [1.29, 1.82) is 0 Å². The number of aromatic nitrogens is 1. The van der Waals surface area contributed by atoms with Gasteiger partial charge in [0.1, 0.15) is 22.9 Å². The van der Waals surface area contributed by atoms with Crippen molar-refractivity contribution in [2.45, 2.75) is 44.4 Å². The lowest BCUT2D eigenvalue weighted by Gasteiger charge is -2.38. The molecular formula is C24H30BrCl2N3O2S. The highest BCUT2D eigenvalue weighted by Gasteiger charge is 2.37. The molecule has 1 saturated heterocycles. The van der Waals surface area contributed by atoms with Crippen LogP contribution in [-0.4, -0.2) is 34.0 Å². The monoisotopic (exact) mass is 573 g/mol. The second-order valence-corrected chi connectivity index (χ2v) is 12.8. The van der Waals surface area contributed by atoms with Gasteiger partial charge in [0, 0.05) is 46.8 Å². The van der Waals surface area contributed by atoms with E-state index in [9.17, 15) is 4.55 Å². The number of anilines is 1. The molecule has 1 unspecified atom stereocenters. The Morgan fingerprint density at radius 1 is 1.30 bits per heavy atom. The molecule has 2 aromatic rings. The molecule has 0 spiro atoms. The van der Waals surface area contributed by atoms with Crippen LogP contribution in [0, 0.1) is 5.92 Å². The zero-order chi connectivity index (χ0) is 24.2. The molecule has 1 aromatic carbocycles. The van der Waals surface area contributed by atoms with Gasteiger partial charge in [-0.15, -0.1) is 4.72 Å². The number of hydrogen-bond acceptors (Lipinski definition) is 5. The van der Waals surface area contributed by atoms with E-state index in [-0.39, 0.29) is 12.0 Å². The summed E-state index contributed by atoms with van der Waals surface area (Å²) in [7, 11) is 0. The molecule has 33 heavy (non-hydrogen) atoms. The molecule has 180 valence electrons. The predicted octanol–water partition coefficient (Wildman–Crippen LogP) is 6.73. The van der Waals surface area contributed by atoms with Gasteiger partial charge in [-0.3, -0.25) is 0 Å². The Labute approximate surface area is 218 Å². The molecule has 0 bridgehead atoms. The smallest absolute Gasteiger partial charge is 0.136 e. The molecule has 5 nitrogen and oxygen atoms in total. The summed E-state index contributed by atoms with van der Waals surface area (Å²) >= 11 is 15.0. The SMILES string of the molecule is C=CCOc1cc(Cl)c(Cl)cc1C(N[S@@+]([O-])C(C)(C)C)C1CCN(c2cc(Br)ccn2)CC1. The molecule has 1 fully saturated rings. The Kier molecular flexibility index (Phi) is 9.40. The highest BCUT2D eigenvalue weighted by Crippen LogP contribution is 2.41. The van der Waals surface area contributed by atoms with Crippen molar-refractivity contribution in [3.05, 3.63) is 63.2 Å². The van der Waals surface area contributed by atoms with Crippen molar-refractivity contribution >= 4 is 56.3 Å². The quantitative estimate of drug-likeness (QED) is 0.280. The van der Waals surface area contributed by atoms with Crippen LogP contribution in [0.1, 0.15) is 45.2 Å². The Morgan fingerprint density at radius 3 is 2.58 bits per heavy atom. The van der Waals surface area contributed by atoms with E-state index < -0.39 is 16.1 Å². The zero-order valence-corrected chi connectivity index (χ0v) is 23.0. The molecule has 2 atom stereocenters. The first-order chi connectivity index (χ1) is 15.6. The van der Waals surface area contributed by atoms with Crippen LogP contribution in [0.15, 0.2) is 47.6 Å². The van der Waals surface area contributed by atoms with Crippen molar-refractivity contribution in [2.24, 2.45) is 5.92 Å². The summed E-state index contributed by atoms with van der Waals surface area (Å²) in [4.78, 5) is 6.79. The number of benzene rings is 1. The minimum Gasteiger partial charge on any atom is -0.598 e.